The molecule has 75 heavy (non-hydrogen) atoms. The van der Waals surface area contributed by atoms with E-state index in [0.717, 1.165) is 96.3 Å². The molecule has 0 heterocycles. The summed E-state index contributed by atoms with van der Waals surface area (Å²) in [5.41, 5.74) is 0. The zero-order valence-corrected chi connectivity index (χ0v) is 48.7. The molecule has 0 aromatic carbocycles. The number of carboxylic acids is 1. The van der Waals surface area contributed by atoms with Gasteiger partial charge in [-0.25, -0.2) is 4.79 Å². The number of ether oxygens (including phenoxy) is 4. The van der Waals surface area contributed by atoms with Crippen molar-refractivity contribution in [3.05, 3.63) is 109 Å². The van der Waals surface area contributed by atoms with Gasteiger partial charge in [-0.1, -0.05) is 232 Å². The summed E-state index contributed by atoms with van der Waals surface area (Å²) in [5, 5.41) is 9.70. The van der Waals surface area contributed by atoms with Crippen LogP contribution in [0.15, 0.2) is 109 Å². The highest BCUT2D eigenvalue weighted by molar-refractivity contribution is 5.71. The number of esters is 2. The third kappa shape index (κ3) is 57.5. The van der Waals surface area contributed by atoms with Crippen LogP contribution in [0.5, 0.6) is 0 Å². The molecule has 0 aromatic heterocycles. The maximum Gasteiger partial charge on any atom is 0.361 e. The van der Waals surface area contributed by atoms with E-state index in [9.17, 15) is 19.5 Å². The molecule has 0 rings (SSSR count). The van der Waals surface area contributed by atoms with E-state index < -0.39 is 24.3 Å². The Bertz CT molecular complexity index is 1590. The minimum atomic E-state index is -1.52. The second kappa shape index (κ2) is 56.2. The maximum atomic E-state index is 12.9. The van der Waals surface area contributed by atoms with Gasteiger partial charge in [0.25, 0.3) is 6.29 Å². The highest BCUT2D eigenvalue weighted by Crippen LogP contribution is 2.16. The molecule has 428 valence electrons. The Labute approximate surface area is 460 Å². The monoisotopic (exact) mass is 1050 g/mol. The standard InChI is InChI=1S/C66H111NO8/c1-6-8-10-12-14-16-18-20-22-24-26-27-28-29-30-31-32-33-34-35-36-37-39-40-42-44-46-48-50-52-54-56-63(68)73-60-62(61-74-66(65(70)71)72-59-58-67(3,4)5)75-64(69)57-55-53-51-49-47-45-43-41-38-25-23-21-19-17-15-13-11-9-7-2/h8-11,14-17,20-23,26-27,38,41,45,47,62,66H,6-7,12-13,18-19,24-25,28-37,39-40,42-44,46,48-61H2,1-5H3/p+1/b10-8-,11-9-,16-14-,17-15-,22-20-,23-21-,27-26-,41-38-,47-45-. The normalized spacial score (nSPS) is 13.6. The van der Waals surface area contributed by atoms with E-state index in [2.05, 4.69) is 123 Å². The highest BCUT2D eigenvalue weighted by atomic mass is 16.7. The molecule has 9 nitrogen and oxygen atoms in total. The lowest BCUT2D eigenvalue weighted by Crippen LogP contribution is -2.40. The molecule has 0 bridgehead atoms. The number of rotatable bonds is 54. The molecule has 9 heteroatoms. The van der Waals surface area contributed by atoms with Crippen LogP contribution in [0.3, 0.4) is 0 Å². The Morgan fingerprint density at radius 1 is 0.400 bits per heavy atom. The number of nitrogens with zero attached hydrogens (tertiary/aromatic N) is 1. The van der Waals surface area contributed by atoms with Gasteiger partial charge in [0.05, 0.1) is 34.4 Å². The maximum absolute atomic E-state index is 12.9. The highest BCUT2D eigenvalue weighted by Gasteiger charge is 2.25. The smallest absolute Gasteiger partial charge is 0.361 e. The Balaban J connectivity index is 4.19. The lowest BCUT2D eigenvalue weighted by Gasteiger charge is -2.25. The number of carbonyl (C=O) groups is 3. The van der Waals surface area contributed by atoms with Crippen LogP contribution in [-0.4, -0.2) is 87.4 Å². The zero-order chi connectivity index (χ0) is 54.8. The second-order valence-corrected chi connectivity index (χ2v) is 20.9. The molecule has 0 radical (unpaired) electrons. The van der Waals surface area contributed by atoms with E-state index >= 15 is 0 Å². The third-order valence-corrected chi connectivity index (χ3v) is 12.5. The molecule has 0 aromatic rings. The molecule has 0 aliphatic rings. The summed E-state index contributed by atoms with van der Waals surface area (Å²) in [6, 6.07) is 0. The quantitative estimate of drug-likeness (QED) is 0.0211. The fourth-order valence-electron chi connectivity index (χ4n) is 7.97. The topological polar surface area (TPSA) is 108 Å². The second-order valence-electron chi connectivity index (χ2n) is 20.9. The van der Waals surface area contributed by atoms with Crippen molar-refractivity contribution in [2.24, 2.45) is 0 Å². The molecule has 0 saturated carbocycles. The Morgan fingerprint density at radius 3 is 1.08 bits per heavy atom. The first-order valence-electron chi connectivity index (χ1n) is 30.1. The number of carboxylic acid groups (broad SMARTS) is 1. The van der Waals surface area contributed by atoms with Crippen LogP contribution in [0.25, 0.3) is 0 Å². The van der Waals surface area contributed by atoms with Crippen LogP contribution >= 0.6 is 0 Å². The van der Waals surface area contributed by atoms with Crippen molar-refractivity contribution in [3.63, 3.8) is 0 Å². The van der Waals surface area contributed by atoms with Crippen LogP contribution < -0.4 is 0 Å². The largest absolute Gasteiger partial charge is 0.477 e. The molecular weight excluding hydrogens is 935 g/mol. The van der Waals surface area contributed by atoms with Crippen LogP contribution in [0.1, 0.15) is 232 Å². The van der Waals surface area contributed by atoms with Crippen molar-refractivity contribution in [2.75, 3.05) is 47.5 Å². The van der Waals surface area contributed by atoms with Crippen LogP contribution in [0.4, 0.5) is 0 Å². The van der Waals surface area contributed by atoms with E-state index in [1.54, 1.807) is 0 Å². The molecule has 0 fully saturated rings. The number of unbranched alkanes of at least 4 members (excludes halogenated alkanes) is 21. The van der Waals surface area contributed by atoms with Gasteiger partial charge in [-0.15, -0.1) is 0 Å². The number of aliphatic carboxylic acids is 1. The van der Waals surface area contributed by atoms with Gasteiger partial charge in [0.1, 0.15) is 13.2 Å². The van der Waals surface area contributed by atoms with E-state index in [1.807, 2.05) is 21.1 Å². The Morgan fingerprint density at radius 2 is 0.720 bits per heavy atom. The number of quaternary nitrogens is 1. The van der Waals surface area contributed by atoms with Gasteiger partial charge in [0.15, 0.2) is 6.10 Å². The average molecular weight is 1050 g/mol. The Kier molecular flexibility index (Phi) is 53.1. The van der Waals surface area contributed by atoms with Crippen molar-refractivity contribution in [3.8, 4) is 0 Å². The number of hydrogen-bond acceptors (Lipinski definition) is 7. The zero-order valence-electron chi connectivity index (χ0n) is 48.7. The van der Waals surface area contributed by atoms with Crippen LogP contribution in [0.2, 0.25) is 0 Å². The molecule has 0 aliphatic heterocycles. The van der Waals surface area contributed by atoms with Crippen molar-refractivity contribution < 1.29 is 42.9 Å². The predicted octanol–water partition coefficient (Wildman–Crippen LogP) is 17.9. The van der Waals surface area contributed by atoms with Crippen molar-refractivity contribution in [1.29, 1.82) is 0 Å². The summed E-state index contributed by atoms with van der Waals surface area (Å²) in [5.74, 6) is -2.05. The first-order chi connectivity index (χ1) is 36.6. The van der Waals surface area contributed by atoms with Gasteiger partial charge in [0, 0.05) is 12.8 Å². The number of hydrogen-bond donors (Lipinski definition) is 1. The molecule has 2 unspecified atom stereocenters. The summed E-state index contributed by atoms with van der Waals surface area (Å²) in [6.45, 7) is 4.61. The molecule has 1 N–H and O–H groups in total. The van der Waals surface area contributed by atoms with Gasteiger partial charge in [-0.2, -0.15) is 0 Å². The van der Waals surface area contributed by atoms with Crippen LogP contribution in [0, 0.1) is 0 Å². The molecule has 0 aliphatic carbocycles. The lowest BCUT2D eigenvalue weighted by atomic mass is 10.0. The van der Waals surface area contributed by atoms with Gasteiger partial charge in [-0.3, -0.25) is 9.59 Å². The van der Waals surface area contributed by atoms with Crippen LogP contribution in [-0.2, 0) is 33.3 Å². The summed E-state index contributed by atoms with van der Waals surface area (Å²) >= 11 is 0. The predicted molar refractivity (Wildman–Crippen MR) is 318 cm³/mol. The summed E-state index contributed by atoms with van der Waals surface area (Å²) in [6.07, 6.45) is 74.7. The first-order valence-corrected chi connectivity index (χ1v) is 30.1. The van der Waals surface area contributed by atoms with Gasteiger partial charge < -0.3 is 28.5 Å². The third-order valence-electron chi connectivity index (χ3n) is 12.5. The molecule has 0 saturated heterocycles. The van der Waals surface area contributed by atoms with Gasteiger partial charge in [-0.05, 0) is 96.3 Å². The first kappa shape index (κ1) is 71.0. The lowest BCUT2D eigenvalue weighted by molar-refractivity contribution is -0.870. The van der Waals surface area contributed by atoms with Crippen molar-refractivity contribution in [1.82, 2.24) is 0 Å². The molecule has 2 atom stereocenters. The average Bonchev–Trinajstić information content (AvgIpc) is 3.38. The number of likely N-dealkylation sites (N-methyl/N-ethyl adjacent to an activating group) is 1. The molecule has 0 amide bonds. The van der Waals surface area contributed by atoms with E-state index in [1.165, 1.54) is 103 Å². The number of allylic oxidation sites excluding steroid dienone is 18. The number of carbonyl (C=O) groups excluding carboxylic acids is 2. The SMILES string of the molecule is CC/C=C\C/C=C\C/C=C\C/C=C\C/C=C\CCCCCC(=O)OC(COC(=O)CCCCCCCCCCCCCCCCCCCC/C=C\C/C=C\C/C=C\C/C=C\CC)COC(OCC[N+](C)(C)C)C(=O)O. The fraction of sp³-hybridized carbons (Fsp3) is 0.682. The summed E-state index contributed by atoms with van der Waals surface area (Å²) < 4.78 is 22.8. The summed E-state index contributed by atoms with van der Waals surface area (Å²) in [7, 11) is 5.95. The van der Waals surface area contributed by atoms with Crippen molar-refractivity contribution >= 4 is 17.9 Å². The minimum Gasteiger partial charge on any atom is -0.477 e. The van der Waals surface area contributed by atoms with E-state index in [4.69, 9.17) is 18.9 Å². The molecule has 0 spiro atoms. The summed E-state index contributed by atoms with van der Waals surface area (Å²) in [4.78, 5) is 37.4. The van der Waals surface area contributed by atoms with Crippen molar-refractivity contribution in [2.45, 2.75) is 245 Å². The van der Waals surface area contributed by atoms with E-state index in [-0.39, 0.29) is 32.2 Å². The van der Waals surface area contributed by atoms with Gasteiger partial charge >= 0.3 is 17.9 Å². The Hall–Kier alpha value is -4.05. The van der Waals surface area contributed by atoms with Gasteiger partial charge in [0.2, 0.25) is 0 Å². The minimum absolute atomic E-state index is 0.176. The molecular formula is C66H112NO8+. The van der Waals surface area contributed by atoms with E-state index in [0.29, 0.717) is 23.9 Å². The fourth-order valence-corrected chi connectivity index (χ4v) is 7.97.